The van der Waals surface area contributed by atoms with Gasteiger partial charge in [0.1, 0.15) is 5.82 Å². The van der Waals surface area contributed by atoms with Crippen LogP contribution in [-0.4, -0.2) is 39.5 Å². The number of hydrogen-bond donors (Lipinski definition) is 2. The molecule has 1 aliphatic heterocycles. The summed E-state index contributed by atoms with van der Waals surface area (Å²) >= 11 is 0. The minimum absolute atomic E-state index is 0.0998. The summed E-state index contributed by atoms with van der Waals surface area (Å²) in [5.41, 5.74) is 0.194. The van der Waals surface area contributed by atoms with Crippen molar-refractivity contribution in [3.05, 3.63) is 11.6 Å². The number of nitrogens with one attached hydrogen (secondary N) is 2. The standard InChI is InChI=1S/C18H29N5O2/c1-2-25-14-11-13(18(14)8-6-9-18)20-17(24)19-12-16-22-21-15-7-4-3-5-10-23(15)16/h13-14H,2-12H2,1H3,(H2,19,20,24)/t13-,14-/m0/s1. The van der Waals surface area contributed by atoms with Crippen LogP contribution in [0.2, 0.25) is 0 Å². The largest absolute Gasteiger partial charge is 0.378 e. The first-order chi connectivity index (χ1) is 12.2. The van der Waals surface area contributed by atoms with Gasteiger partial charge in [-0.15, -0.1) is 10.2 Å². The number of fused-ring (bicyclic) bond motifs is 1. The van der Waals surface area contributed by atoms with Crippen LogP contribution >= 0.6 is 0 Å². The van der Waals surface area contributed by atoms with E-state index in [1.54, 1.807) is 0 Å². The lowest BCUT2D eigenvalue weighted by Gasteiger charge is -2.60. The molecule has 0 aromatic carbocycles. The van der Waals surface area contributed by atoms with E-state index in [2.05, 4.69) is 25.4 Å². The van der Waals surface area contributed by atoms with Crippen LogP contribution < -0.4 is 10.6 Å². The van der Waals surface area contributed by atoms with Crippen LogP contribution in [0.25, 0.3) is 0 Å². The molecule has 1 aromatic rings. The van der Waals surface area contributed by atoms with Gasteiger partial charge in [-0.2, -0.15) is 0 Å². The van der Waals surface area contributed by atoms with E-state index in [1.165, 1.54) is 32.1 Å². The first-order valence-electron chi connectivity index (χ1n) is 9.80. The Morgan fingerprint density at radius 3 is 2.92 bits per heavy atom. The van der Waals surface area contributed by atoms with Crippen molar-refractivity contribution >= 4 is 6.03 Å². The Hall–Kier alpha value is -1.63. The van der Waals surface area contributed by atoms with E-state index in [1.807, 2.05) is 6.92 Å². The molecular weight excluding hydrogens is 318 g/mol. The Morgan fingerprint density at radius 1 is 1.28 bits per heavy atom. The number of hydrogen-bond acceptors (Lipinski definition) is 4. The van der Waals surface area contributed by atoms with Gasteiger partial charge in [0.15, 0.2) is 5.82 Å². The Balaban J connectivity index is 1.30. The Morgan fingerprint density at radius 2 is 2.16 bits per heavy atom. The molecular formula is C18H29N5O2. The molecule has 2 amide bonds. The van der Waals surface area contributed by atoms with Crippen molar-refractivity contribution in [2.45, 2.75) is 83.5 Å². The monoisotopic (exact) mass is 347 g/mol. The first-order valence-corrected chi connectivity index (χ1v) is 9.80. The predicted octanol–water partition coefficient (Wildman–Crippen LogP) is 2.15. The van der Waals surface area contributed by atoms with Crippen molar-refractivity contribution in [1.29, 1.82) is 0 Å². The minimum Gasteiger partial charge on any atom is -0.378 e. The lowest BCUT2D eigenvalue weighted by Crippen LogP contribution is -2.68. The maximum absolute atomic E-state index is 12.3. The number of carbonyl (C=O) groups is 1. The summed E-state index contributed by atoms with van der Waals surface area (Å²) in [6, 6.07) is 0.144. The molecule has 2 heterocycles. The van der Waals surface area contributed by atoms with Crippen molar-refractivity contribution in [1.82, 2.24) is 25.4 Å². The fourth-order valence-electron chi connectivity index (χ4n) is 4.69. The lowest BCUT2D eigenvalue weighted by molar-refractivity contribution is -0.169. The van der Waals surface area contributed by atoms with Crippen LogP contribution in [0.3, 0.4) is 0 Å². The maximum atomic E-state index is 12.3. The van der Waals surface area contributed by atoms with Crippen LogP contribution in [0.5, 0.6) is 0 Å². The predicted molar refractivity (Wildman–Crippen MR) is 93.1 cm³/mol. The zero-order valence-corrected chi connectivity index (χ0v) is 15.1. The molecule has 138 valence electrons. The molecule has 3 aliphatic rings. The fraction of sp³-hybridized carbons (Fsp3) is 0.833. The molecule has 1 aromatic heterocycles. The van der Waals surface area contributed by atoms with E-state index in [4.69, 9.17) is 4.74 Å². The second-order valence-corrected chi connectivity index (χ2v) is 7.64. The average molecular weight is 347 g/mol. The number of nitrogens with zero attached hydrogens (tertiary/aromatic N) is 3. The summed E-state index contributed by atoms with van der Waals surface area (Å²) in [5.74, 6) is 1.92. The highest BCUT2D eigenvalue weighted by Crippen LogP contribution is 2.57. The van der Waals surface area contributed by atoms with E-state index in [-0.39, 0.29) is 17.5 Å². The van der Waals surface area contributed by atoms with Gasteiger partial charge >= 0.3 is 6.03 Å². The molecule has 7 nitrogen and oxygen atoms in total. The van der Waals surface area contributed by atoms with Crippen LogP contribution in [0, 0.1) is 5.41 Å². The third-order valence-corrected chi connectivity index (χ3v) is 6.34. The number of carbonyl (C=O) groups excluding carboxylic acids is 1. The smallest absolute Gasteiger partial charge is 0.315 e. The van der Waals surface area contributed by atoms with Gasteiger partial charge in [-0.25, -0.2) is 4.79 Å². The highest BCUT2D eigenvalue weighted by Gasteiger charge is 2.59. The summed E-state index contributed by atoms with van der Waals surface area (Å²) in [6.45, 7) is 4.20. The van der Waals surface area contributed by atoms with Crippen LogP contribution in [-0.2, 0) is 24.2 Å². The summed E-state index contributed by atoms with van der Waals surface area (Å²) in [6.07, 6.45) is 9.40. The third-order valence-electron chi connectivity index (χ3n) is 6.34. The number of urea groups is 1. The SMILES string of the molecule is CCO[C@H]1C[C@H](NC(=O)NCc2nnc3n2CCCCC3)C12CCC2. The van der Waals surface area contributed by atoms with E-state index < -0.39 is 0 Å². The molecule has 4 rings (SSSR count). The van der Waals surface area contributed by atoms with Crippen molar-refractivity contribution in [3.63, 3.8) is 0 Å². The molecule has 0 saturated heterocycles. The molecule has 1 spiro atoms. The third kappa shape index (κ3) is 3.03. The second-order valence-electron chi connectivity index (χ2n) is 7.64. The summed E-state index contributed by atoms with van der Waals surface area (Å²) in [5, 5.41) is 14.7. The zero-order chi connectivity index (χ0) is 17.3. The van der Waals surface area contributed by atoms with Gasteiger partial charge in [0, 0.05) is 31.0 Å². The summed E-state index contributed by atoms with van der Waals surface area (Å²) in [4.78, 5) is 12.3. The fourth-order valence-corrected chi connectivity index (χ4v) is 4.69. The first kappa shape index (κ1) is 16.8. The number of rotatable bonds is 5. The number of amides is 2. The topological polar surface area (TPSA) is 81.1 Å². The Kier molecular flexibility index (Phi) is 4.67. The van der Waals surface area contributed by atoms with Gasteiger partial charge in [0.05, 0.1) is 12.6 Å². The lowest BCUT2D eigenvalue weighted by atomic mass is 9.51. The normalized spacial score (nSPS) is 26.9. The number of aromatic nitrogens is 3. The molecule has 2 N–H and O–H groups in total. The molecule has 0 unspecified atom stereocenters. The van der Waals surface area contributed by atoms with Crippen LogP contribution in [0.1, 0.15) is 63.5 Å². The molecule has 2 fully saturated rings. The maximum Gasteiger partial charge on any atom is 0.315 e. The van der Waals surface area contributed by atoms with Crippen LogP contribution in [0.4, 0.5) is 4.79 Å². The molecule has 2 saturated carbocycles. The minimum atomic E-state index is -0.0998. The average Bonchev–Trinajstić information content (AvgIpc) is 2.77. The molecule has 7 heteroatoms. The van der Waals surface area contributed by atoms with Crippen molar-refractivity contribution in [3.8, 4) is 0 Å². The quantitative estimate of drug-likeness (QED) is 0.855. The molecule has 0 radical (unpaired) electrons. The van der Waals surface area contributed by atoms with Gasteiger partial charge in [0.25, 0.3) is 0 Å². The van der Waals surface area contributed by atoms with E-state index in [0.717, 1.165) is 44.1 Å². The van der Waals surface area contributed by atoms with E-state index in [0.29, 0.717) is 12.6 Å². The summed E-state index contributed by atoms with van der Waals surface area (Å²) < 4.78 is 8.02. The van der Waals surface area contributed by atoms with E-state index in [9.17, 15) is 4.79 Å². The van der Waals surface area contributed by atoms with Gasteiger partial charge < -0.3 is 19.9 Å². The van der Waals surface area contributed by atoms with Crippen molar-refractivity contribution < 1.29 is 9.53 Å². The molecule has 2 atom stereocenters. The number of ether oxygens (including phenoxy) is 1. The zero-order valence-electron chi connectivity index (χ0n) is 15.1. The summed E-state index contributed by atoms with van der Waals surface area (Å²) in [7, 11) is 0. The van der Waals surface area contributed by atoms with Gasteiger partial charge in [-0.3, -0.25) is 0 Å². The van der Waals surface area contributed by atoms with Crippen molar-refractivity contribution in [2.24, 2.45) is 5.41 Å². The van der Waals surface area contributed by atoms with E-state index >= 15 is 0 Å². The van der Waals surface area contributed by atoms with Gasteiger partial charge in [-0.05, 0) is 39.0 Å². The van der Waals surface area contributed by atoms with Gasteiger partial charge in [0.2, 0.25) is 0 Å². The number of aryl methyl sites for hydroxylation is 1. The Bertz CT molecular complexity index is 625. The molecule has 0 bridgehead atoms. The Labute approximate surface area is 148 Å². The highest BCUT2D eigenvalue weighted by molar-refractivity contribution is 5.74. The van der Waals surface area contributed by atoms with Crippen LogP contribution in [0.15, 0.2) is 0 Å². The highest BCUT2D eigenvalue weighted by atomic mass is 16.5. The molecule has 25 heavy (non-hydrogen) atoms. The second kappa shape index (κ2) is 6.94. The van der Waals surface area contributed by atoms with Crippen molar-refractivity contribution in [2.75, 3.05) is 6.61 Å². The molecule has 2 aliphatic carbocycles. The van der Waals surface area contributed by atoms with Gasteiger partial charge in [-0.1, -0.05) is 12.8 Å².